The van der Waals surface area contributed by atoms with E-state index in [1.807, 2.05) is 0 Å². The Morgan fingerprint density at radius 3 is 1.09 bits per heavy atom. The van der Waals surface area contributed by atoms with Gasteiger partial charge in [0.2, 0.25) is 0 Å². The van der Waals surface area contributed by atoms with Crippen LogP contribution in [0, 0.1) is 0 Å². The molecule has 0 aliphatic carbocycles. The van der Waals surface area contributed by atoms with Gasteiger partial charge in [0.25, 0.3) is 0 Å². The van der Waals surface area contributed by atoms with Crippen LogP contribution in [0.4, 0.5) is 0 Å². The highest BCUT2D eigenvalue weighted by Crippen LogP contribution is 2.13. The number of hydrogen-bond donors (Lipinski definition) is 1. The van der Waals surface area contributed by atoms with Crippen LogP contribution < -0.4 is 22.8 Å². The van der Waals surface area contributed by atoms with Crippen LogP contribution >= 0.6 is 0 Å². The van der Waals surface area contributed by atoms with Gasteiger partial charge in [-0.2, -0.15) is 5.84 Å². The molecule has 0 radical (unpaired) electrons. The molecule has 2 N–H and O–H groups in total. The molecule has 0 rings (SSSR count). The molecular weight excluding hydrogens is 336 g/mol. The van der Waals surface area contributed by atoms with Crippen molar-refractivity contribution in [3.05, 3.63) is 0 Å². The highest BCUT2D eigenvalue weighted by atomic mass is 79.9. The number of nitrogens with zero attached hydrogens (tertiary/aromatic N) is 1. The third-order valence-corrected chi connectivity index (χ3v) is 4.34. The minimum atomic E-state index is 0. The van der Waals surface area contributed by atoms with Gasteiger partial charge in [0.1, 0.15) is 0 Å². The summed E-state index contributed by atoms with van der Waals surface area (Å²) in [6.45, 7) is 3.40. The zero-order valence-corrected chi connectivity index (χ0v) is 17.3. The van der Waals surface area contributed by atoms with Crippen molar-refractivity contribution in [1.82, 2.24) is 0 Å². The zero-order chi connectivity index (χ0) is 15.8. The lowest BCUT2D eigenvalue weighted by atomic mass is 10.0. The molecule has 3 heteroatoms. The first-order valence-corrected chi connectivity index (χ1v) is 9.68. The monoisotopic (exact) mass is 378 g/mol. The van der Waals surface area contributed by atoms with E-state index in [0.717, 1.165) is 6.54 Å². The number of halogens is 1. The maximum absolute atomic E-state index is 5.93. The number of nitrogens with two attached hydrogens (primary N) is 1. The van der Waals surface area contributed by atoms with E-state index in [9.17, 15) is 0 Å². The Labute approximate surface area is 151 Å². The summed E-state index contributed by atoms with van der Waals surface area (Å²) >= 11 is 0. The molecule has 136 valence electrons. The van der Waals surface area contributed by atoms with Gasteiger partial charge in [-0.15, -0.1) is 0 Å². The Hall–Kier alpha value is 0.400. The minimum Gasteiger partial charge on any atom is -1.00 e. The quantitative estimate of drug-likeness (QED) is 0.190. The minimum absolute atomic E-state index is 0. The zero-order valence-electron chi connectivity index (χ0n) is 15.7. The molecule has 0 fully saturated rings. The lowest BCUT2D eigenvalue weighted by Gasteiger charge is -2.21. The highest BCUT2D eigenvalue weighted by molar-refractivity contribution is 4.49. The van der Waals surface area contributed by atoms with Crippen LogP contribution in [0.5, 0.6) is 0 Å². The molecule has 0 amide bonds. The van der Waals surface area contributed by atoms with Gasteiger partial charge in [-0.1, -0.05) is 90.4 Å². The van der Waals surface area contributed by atoms with Gasteiger partial charge in [-0.05, 0) is 12.8 Å². The molecule has 0 saturated carbocycles. The van der Waals surface area contributed by atoms with Gasteiger partial charge in [-0.25, -0.2) is 0 Å². The second-order valence-electron chi connectivity index (χ2n) is 7.45. The molecule has 0 bridgehead atoms. The molecule has 0 aromatic rings. The topological polar surface area (TPSA) is 26.0 Å². The van der Waals surface area contributed by atoms with Crippen molar-refractivity contribution in [2.45, 2.75) is 103 Å². The van der Waals surface area contributed by atoms with Crippen molar-refractivity contribution in [1.29, 1.82) is 0 Å². The Kier molecular flexibility index (Phi) is 19.9. The summed E-state index contributed by atoms with van der Waals surface area (Å²) in [4.78, 5) is 0. The van der Waals surface area contributed by atoms with Gasteiger partial charge in [0, 0.05) is 0 Å². The van der Waals surface area contributed by atoms with Crippen molar-refractivity contribution in [3.8, 4) is 0 Å². The summed E-state index contributed by atoms with van der Waals surface area (Å²) in [5.74, 6) is 5.93. The molecule has 0 heterocycles. The highest BCUT2D eigenvalue weighted by Gasteiger charge is 2.06. The van der Waals surface area contributed by atoms with E-state index in [-0.39, 0.29) is 17.0 Å². The van der Waals surface area contributed by atoms with Crippen LogP contribution in [0.1, 0.15) is 103 Å². The molecule has 0 saturated heterocycles. The van der Waals surface area contributed by atoms with Crippen LogP contribution in [0.3, 0.4) is 0 Å². The summed E-state index contributed by atoms with van der Waals surface area (Å²) in [5, 5.41) is 0. The summed E-state index contributed by atoms with van der Waals surface area (Å²) in [6.07, 6.45) is 21.4. The van der Waals surface area contributed by atoms with E-state index in [1.165, 1.54) is 96.3 Å². The van der Waals surface area contributed by atoms with Crippen molar-refractivity contribution in [2.75, 3.05) is 20.6 Å². The Morgan fingerprint density at radius 2 is 0.818 bits per heavy atom. The summed E-state index contributed by atoms with van der Waals surface area (Å²) < 4.78 is 0.623. The molecule has 0 aromatic heterocycles. The van der Waals surface area contributed by atoms with E-state index < -0.39 is 0 Å². The normalized spacial score (nSPS) is 11.5. The third kappa shape index (κ3) is 22.7. The lowest BCUT2D eigenvalue weighted by molar-refractivity contribution is -0.902. The summed E-state index contributed by atoms with van der Waals surface area (Å²) in [5.41, 5.74) is 0. The van der Waals surface area contributed by atoms with E-state index in [4.69, 9.17) is 5.84 Å². The fraction of sp³-hybridized carbons (Fsp3) is 1.00. The van der Waals surface area contributed by atoms with E-state index in [2.05, 4.69) is 21.0 Å². The second-order valence-corrected chi connectivity index (χ2v) is 7.45. The standard InChI is InChI=1S/C19H43N2.BrH/c1-4-5-6-7-8-9-10-11-12-13-14-15-16-17-18-19-21(2,3)20;/h4-20H2,1-3H3;1H/q+1;/p-1. The van der Waals surface area contributed by atoms with Gasteiger partial charge < -0.3 is 17.0 Å². The molecule has 2 nitrogen and oxygen atoms in total. The van der Waals surface area contributed by atoms with Crippen molar-refractivity contribution >= 4 is 0 Å². The average molecular weight is 379 g/mol. The first-order chi connectivity index (χ1) is 10.1. The van der Waals surface area contributed by atoms with Crippen molar-refractivity contribution < 1.29 is 21.6 Å². The predicted molar refractivity (Wildman–Crippen MR) is 96.1 cm³/mol. The summed E-state index contributed by atoms with van der Waals surface area (Å²) in [7, 11) is 4.15. The van der Waals surface area contributed by atoms with E-state index in [0.29, 0.717) is 4.59 Å². The third-order valence-electron chi connectivity index (χ3n) is 4.34. The molecule has 0 aliphatic heterocycles. The molecule has 22 heavy (non-hydrogen) atoms. The van der Waals surface area contributed by atoms with Gasteiger partial charge >= 0.3 is 0 Å². The second kappa shape index (κ2) is 17.7. The maximum Gasteiger partial charge on any atom is 0.0955 e. The molecular formula is C19H43BrN2. The molecule has 0 spiro atoms. The molecule has 0 unspecified atom stereocenters. The van der Waals surface area contributed by atoms with Crippen molar-refractivity contribution in [3.63, 3.8) is 0 Å². The predicted octanol–water partition coefficient (Wildman–Crippen LogP) is 2.81. The van der Waals surface area contributed by atoms with Gasteiger partial charge in [0.15, 0.2) is 0 Å². The molecule has 0 aromatic carbocycles. The Balaban J connectivity index is 0. The fourth-order valence-electron chi connectivity index (χ4n) is 2.89. The maximum atomic E-state index is 5.93. The molecule has 0 atom stereocenters. The van der Waals surface area contributed by atoms with Crippen LogP contribution in [-0.2, 0) is 0 Å². The fourth-order valence-corrected chi connectivity index (χ4v) is 2.89. The summed E-state index contributed by atoms with van der Waals surface area (Å²) in [6, 6.07) is 0. The van der Waals surface area contributed by atoms with Crippen molar-refractivity contribution in [2.24, 2.45) is 5.84 Å². The van der Waals surface area contributed by atoms with Crippen LogP contribution in [0.25, 0.3) is 0 Å². The SMILES string of the molecule is CCCCCCCCCCCCCCCCC[N+](C)(C)N.[Br-]. The smallest absolute Gasteiger partial charge is 0.0955 e. The van der Waals surface area contributed by atoms with Crippen LogP contribution in [0.2, 0.25) is 0 Å². The van der Waals surface area contributed by atoms with Gasteiger partial charge in [0.05, 0.1) is 20.6 Å². The Bertz CT molecular complexity index is 202. The Morgan fingerprint density at radius 1 is 0.545 bits per heavy atom. The average Bonchev–Trinajstić information content (AvgIpc) is 2.42. The first-order valence-electron chi connectivity index (χ1n) is 9.68. The van der Waals surface area contributed by atoms with Gasteiger partial charge in [-0.3, -0.25) is 4.59 Å². The number of quaternary nitrogens is 1. The van der Waals surface area contributed by atoms with E-state index >= 15 is 0 Å². The van der Waals surface area contributed by atoms with E-state index in [1.54, 1.807) is 0 Å². The van der Waals surface area contributed by atoms with Crippen LogP contribution in [0.15, 0.2) is 0 Å². The number of unbranched alkanes of at least 4 members (excludes halogenated alkanes) is 14. The molecule has 0 aliphatic rings. The first kappa shape index (κ1) is 24.6. The van der Waals surface area contributed by atoms with Crippen LogP contribution in [-0.4, -0.2) is 25.2 Å². The largest absolute Gasteiger partial charge is 1.00 e. The lowest BCUT2D eigenvalue weighted by Crippen LogP contribution is -3.00. The number of hydrogen-bond acceptors (Lipinski definition) is 1. The number of rotatable bonds is 16.